The minimum atomic E-state index is -0.996. The van der Waals surface area contributed by atoms with Crippen LogP contribution >= 0.6 is 0 Å². The van der Waals surface area contributed by atoms with Gasteiger partial charge in [0.05, 0.1) is 6.42 Å². The predicted molar refractivity (Wildman–Crippen MR) is 121 cm³/mol. The van der Waals surface area contributed by atoms with Crippen molar-refractivity contribution in [3.63, 3.8) is 0 Å². The van der Waals surface area contributed by atoms with Crippen LogP contribution in [0.25, 0.3) is 11.1 Å². The highest BCUT2D eigenvalue weighted by molar-refractivity contribution is 5.94. The molecule has 0 saturated heterocycles. The molecular formula is C24H24N4O5. The lowest BCUT2D eigenvalue weighted by molar-refractivity contribution is -0.137. The van der Waals surface area contributed by atoms with E-state index in [1.807, 2.05) is 36.4 Å². The minimum absolute atomic E-state index is 0.0658. The highest BCUT2D eigenvalue weighted by Crippen LogP contribution is 2.44. The first-order valence-corrected chi connectivity index (χ1v) is 10.7. The Kier molecular flexibility index (Phi) is 6.39. The van der Waals surface area contributed by atoms with Gasteiger partial charge in [0.2, 0.25) is 0 Å². The maximum atomic E-state index is 12.4. The van der Waals surface area contributed by atoms with Crippen LogP contribution in [-0.2, 0) is 9.53 Å². The van der Waals surface area contributed by atoms with Gasteiger partial charge >= 0.3 is 12.1 Å². The number of hydrogen-bond acceptors (Lipinski definition) is 5. The third-order valence-corrected chi connectivity index (χ3v) is 5.65. The molecule has 0 spiro atoms. The molecule has 0 unspecified atom stereocenters. The van der Waals surface area contributed by atoms with Crippen LogP contribution < -0.4 is 10.6 Å². The summed E-state index contributed by atoms with van der Waals surface area (Å²) in [6, 6.07) is 17.0. The normalized spacial score (nSPS) is 13.0. The van der Waals surface area contributed by atoms with E-state index >= 15 is 0 Å². The number of anilines is 1. The van der Waals surface area contributed by atoms with Crippen molar-refractivity contribution in [2.75, 3.05) is 11.9 Å². The van der Waals surface area contributed by atoms with Gasteiger partial charge in [-0.15, -0.1) is 0 Å². The summed E-state index contributed by atoms with van der Waals surface area (Å²) in [4.78, 5) is 35.5. The van der Waals surface area contributed by atoms with Crippen LogP contribution in [-0.4, -0.2) is 45.9 Å². The van der Waals surface area contributed by atoms with Crippen molar-refractivity contribution in [2.24, 2.45) is 0 Å². The molecule has 1 heterocycles. The Morgan fingerprint density at radius 1 is 1.09 bits per heavy atom. The highest BCUT2D eigenvalue weighted by atomic mass is 16.5. The van der Waals surface area contributed by atoms with Gasteiger partial charge in [-0.1, -0.05) is 55.5 Å². The number of aromatic amines is 1. The smallest absolute Gasteiger partial charge is 0.412 e. The molecule has 1 atom stereocenters. The average molecular weight is 448 g/mol. The lowest BCUT2D eigenvalue weighted by atomic mass is 9.98. The van der Waals surface area contributed by atoms with E-state index in [0.717, 1.165) is 22.3 Å². The van der Waals surface area contributed by atoms with Gasteiger partial charge in [-0.25, -0.2) is 4.79 Å². The first-order chi connectivity index (χ1) is 16.0. The second-order valence-electron chi connectivity index (χ2n) is 7.79. The summed E-state index contributed by atoms with van der Waals surface area (Å²) < 4.78 is 5.47. The number of aliphatic carboxylic acids is 1. The molecule has 0 bridgehead atoms. The maximum Gasteiger partial charge on any atom is 0.412 e. The fourth-order valence-electron chi connectivity index (χ4n) is 4.01. The van der Waals surface area contributed by atoms with E-state index in [-0.39, 0.29) is 30.5 Å². The summed E-state index contributed by atoms with van der Waals surface area (Å²) in [7, 11) is 0. The third-order valence-electron chi connectivity index (χ3n) is 5.65. The summed E-state index contributed by atoms with van der Waals surface area (Å²) in [6.07, 6.45) is -0.397. The lowest BCUT2D eigenvalue weighted by Gasteiger charge is -2.14. The zero-order valence-electron chi connectivity index (χ0n) is 18.0. The highest BCUT2D eigenvalue weighted by Gasteiger charge is 2.29. The van der Waals surface area contributed by atoms with Crippen molar-refractivity contribution in [2.45, 2.75) is 31.7 Å². The van der Waals surface area contributed by atoms with Crippen molar-refractivity contribution in [3.05, 3.63) is 71.4 Å². The van der Waals surface area contributed by atoms with Crippen LogP contribution in [0, 0.1) is 0 Å². The first kappa shape index (κ1) is 22.1. The molecule has 0 radical (unpaired) electrons. The number of fused-ring (bicyclic) bond motifs is 3. The number of nitrogens with one attached hydrogen (secondary N) is 3. The Morgan fingerprint density at radius 2 is 1.73 bits per heavy atom. The number of carbonyl (C=O) groups is 3. The standard InChI is InChI=1S/C24H24N4O5/c1-2-14(11-22(29)30)25-23(31)20-12-21(28-27-20)26-24(32)33-13-19-17-9-5-3-7-15(17)16-8-4-6-10-18(16)19/h3-10,12,14,19H,2,11,13H2,1H3,(H,25,31)(H,29,30)(H2,26,27,28,32)/t14-/m0/s1. The fourth-order valence-corrected chi connectivity index (χ4v) is 4.01. The number of nitrogens with zero attached hydrogens (tertiary/aromatic N) is 1. The summed E-state index contributed by atoms with van der Waals surface area (Å²) >= 11 is 0. The lowest BCUT2D eigenvalue weighted by Crippen LogP contribution is -2.36. The maximum absolute atomic E-state index is 12.4. The van der Waals surface area contributed by atoms with Crippen molar-refractivity contribution in [1.29, 1.82) is 0 Å². The predicted octanol–water partition coefficient (Wildman–Crippen LogP) is 3.75. The topological polar surface area (TPSA) is 133 Å². The van der Waals surface area contributed by atoms with E-state index in [1.165, 1.54) is 6.07 Å². The molecule has 9 heteroatoms. The van der Waals surface area contributed by atoms with Gasteiger partial charge in [0.25, 0.3) is 5.91 Å². The molecule has 4 rings (SSSR count). The minimum Gasteiger partial charge on any atom is -0.481 e. The van der Waals surface area contributed by atoms with Crippen LogP contribution in [0.3, 0.4) is 0 Å². The second-order valence-corrected chi connectivity index (χ2v) is 7.79. The van der Waals surface area contributed by atoms with Crippen LogP contribution in [0.1, 0.15) is 47.3 Å². The molecule has 2 aromatic carbocycles. The number of rotatable bonds is 8. The molecule has 33 heavy (non-hydrogen) atoms. The van der Waals surface area contributed by atoms with E-state index < -0.39 is 24.0 Å². The van der Waals surface area contributed by atoms with Gasteiger partial charge in [0.15, 0.2) is 5.82 Å². The Bertz CT molecular complexity index is 1140. The van der Waals surface area contributed by atoms with E-state index in [4.69, 9.17) is 9.84 Å². The molecular weight excluding hydrogens is 424 g/mol. The van der Waals surface area contributed by atoms with Crippen LogP contribution in [0.5, 0.6) is 0 Å². The molecule has 1 aliphatic rings. The Morgan fingerprint density at radius 3 is 2.33 bits per heavy atom. The molecule has 0 fully saturated rings. The van der Waals surface area contributed by atoms with Crippen molar-refractivity contribution in [1.82, 2.24) is 15.5 Å². The molecule has 1 aliphatic carbocycles. The van der Waals surface area contributed by atoms with Gasteiger partial charge in [-0.2, -0.15) is 5.10 Å². The number of aromatic nitrogens is 2. The summed E-state index contributed by atoms with van der Waals surface area (Å²) in [5.41, 5.74) is 4.60. The van der Waals surface area contributed by atoms with Crippen LogP contribution in [0.15, 0.2) is 54.6 Å². The SMILES string of the molecule is CC[C@@H](CC(=O)O)NC(=O)c1cc(NC(=O)OCC2c3ccccc3-c3ccccc32)n[nH]1. The monoisotopic (exact) mass is 448 g/mol. The van der Waals surface area contributed by atoms with Gasteiger partial charge in [-0.3, -0.25) is 20.0 Å². The van der Waals surface area contributed by atoms with Gasteiger partial charge < -0.3 is 15.2 Å². The number of carboxylic acid groups (broad SMARTS) is 1. The first-order valence-electron chi connectivity index (χ1n) is 10.7. The van der Waals surface area contributed by atoms with Crippen molar-refractivity contribution < 1.29 is 24.2 Å². The largest absolute Gasteiger partial charge is 0.481 e. The second kappa shape index (κ2) is 9.56. The Hall–Kier alpha value is -4.14. The molecule has 9 nitrogen and oxygen atoms in total. The number of ether oxygens (including phenoxy) is 1. The van der Waals surface area contributed by atoms with Crippen LogP contribution in [0.2, 0.25) is 0 Å². The molecule has 0 saturated carbocycles. The number of carbonyl (C=O) groups excluding carboxylic acids is 2. The van der Waals surface area contributed by atoms with Gasteiger partial charge in [0, 0.05) is 18.0 Å². The van der Waals surface area contributed by atoms with E-state index in [0.29, 0.717) is 6.42 Å². The summed E-state index contributed by atoms with van der Waals surface area (Å²) in [5, 5.41) is 20.5. The zero-order chi connectivity index (χ0) is 23.4. The molecule has 170 valence electrons. The molecule has 1 aromatic heterocycles. The number of carboxylic acids is 1. The Labute approximate surface area is 190 Å². The number of hydrogen-bond donors (Lipinski definition) is 4. The quantitative estimate of drug-likeness (QED) is 0.415. The average Bonchev–Trinajstić information content (AvgIpc) is 3.39. The summed E-state index contributed by atoms with van der Waals surface area (Å²) in [6.45, 7) is 1.94. The number of H-pyrrole nitrogens is 1. The van der Waals surface area contributed by atoms with Crippen molar-refractivity contribution >= 4 is 23.8 Å². The van der Waals surface area contributed by atoms with E-state index in [9.17, 15) is 14.4 Å². The molecule has 0 aliphatic heterocycles. The van der Waals surface area contributed by atoms with Gasteiger partial charge in [-0.05, 0) is 28.7 Å². The third kappa shape index (κ3) is 4.87. The zero-order valence-corrected chi connectivity index (χ0v) is 18.0. The molecule has 4 N–H and O–H groups in total. The molecule has 3 aromatic rings. The van der Waals surface area contributed by atoms with E-state index in [2.05, 4.69) is 33.0 Å². The van der Waals surface area contributed by atoms with Crippen molar-refractivity contribution in [3.8, 4) is 11.1 Å². The number of amides is 2. The summed E-state index contributed by atoms with van der Waals surface area (Å²) in [5.74, 6) is -1.44. The van der Waals surface area contributed by atoms with E-state index in [1.54, 1.807) is 6.92 Å². The Balaban J connectivity index is 1.35. The van der Waals surface area contributed by atoms with Crippen LogP contribution in [0.4, 0.5) is 10.6 Å². The molecule has 2 amide bonds. The van der Waals surface area contributed by atoms with Gasteiger partial charge in [0.1, 0.15) is 12.3 Å². The fraction of sp³-hybridized carbons (Fsp3) is 0.250. The number of benzene rings is 2.